The van der Waals surface area contributed by atoms with Crippen LogP contribution in [-0.2, 0) is 5.67 Å². The van der Waals surface area contributed by atoms with Crippen molar-refractivity contribution in [3.05, 3.63) is 46.2 Å². The highest BCUT2D eigenvalue weighted by atomic mass is 19.4. The van der Waals surface area contributed by atoms with Gasteiger partial charge in [-0.05, 0) is 23.6 Å². The van der Waals surface area contributed by atoms with Gasteiger partial charge in [0.25, 0.3) is 0 Å². The summed E-state index contributed by atoms with van der Waals surface area (Å²) in [7, 11) is 0. The van der Waals surface area contributed by atoms with Crippen LogP contribution in [0.2, 0.25) is 0 Å². The lowest BCUT2D eigenvalue weighted by Gasteiger charge is -2.30. The highest BCUT2D eigenvalue weighted by Gasteiger charge is 2.73. The predicted octanol–water partition coefficient (Wildman–Crippen LogP) is 3.82. The van der Waals surface area contributed by atoms with E-state index in [9.17, 15) is 35.5 Å². The number of H-pyrrole nitrogens is 1. The van der Waals surface area contributed by atoms with Crippen LogP contribution in [0.5, 0.6) is 0 Å². The first kappa shape index (κ1) is 15.3. The van der Waals surface area contributed by atoms with Crippen LogP contribution in [0.25, 0.3) is 10.9 Å². The summed E-state index contributed by atoms with van der Waals surface area (Å²) in [6.07, 6.45) is -12.3. The Bertz CT molecular complexity index is 715. The molecule has 0 atom stereocenters. The Morgan fingerprint density at radius 2 is 1.38 bits per heavy atom. The molecule has 0 bridgehead atoms. The fraction of sp³-hybridized carbons (Fsp3) is 0.250. The Kier molecular flexibility index (Phi) is 3.26. The molecule has 0 spiro atoms. The minimum Gasteiger partial charge on any atom is -0.322 e. The summed E-state index contributed by atoms with van der Waals surface area (Å²) in [6, 6.07) is 3.46. The van der Waals surface area contributed by atoms with Crippen LogP contribution in [-0.4, -0.2) is 17.3 Å². The molecule has 2 nitrogen and oxygen atoms in total. The van der Waals surface area contributed by atoms with Gasteiger partial charge in [-0.15, -0.1) is 0 Å². The van der Waals surface area contributed by atoms with Crippen LogP contribution >= 0.6 is 0 Å². The number of rotatable bonds is 1. The largest absolute Gasteiger partial charge is 0.435 e. The zero-order chi connectivity index (χ0) is 16.1. The average molecular weight is 313 g/mol. The second-order valence-corrected chi connectivity index (χ2v) is 4.28. The first-order valence-corrected chi connectivity index (χ1v) is 5.43. The number of pyridine rings is 1. The number of alkyl halides is 7. The molecule has 1 N–H and O–H groups in total. The minimum atomic E-state index is -6.17. The van der Waals surface area contributed by atoms with Crippen LogP contribution in [0, 0.1) is 0 Å². The monoisotopic (exact) mass is 313 g/mol. The van der Waals surface area contributed by atoms with Gasteiger partial charge in [0.1, 0.15) is 0 Å². The number of fused-ring (bicyclic) bond motifs is 1. The van der Waals surface area contributed by atoms with E-state index in [0.717, 1.165) is 18.2 Å². The van der Waals surface area contributed by atoms with E-state index in [1.807, 2.05) is 0 Å². The molecule has 1 aromatic carbocycles. The standard InChI is InChI=1S/C12H6F7NO/c13-10(11(14,15)16,12(17,18)19)7-2-3-8-6(5-7)1-4-9(21)20-8/h1-5H,(H,20,21). The summed E-state index contributed by atoms with van der Waals surface area (Å²) in [5.41, 5.74) is -7.67. The second-order valence-electron chi connectivity index (χ2n) is 4.28. The lowest BCUT2D eigenvalue weighted by Crippen LogP contribution is -2.50. The molecule has 1 heterocycles. The van der Waals surface area contributed by atoms with Crippen molar-refractivity contribution >= 4 is 10.9 Å². The Labute approximate surface area is 112 Å². The number of aromatic nitrogens is 1. The summed E-state index contributed by atoms with van der Waals surface area (Å²) >= 11 is 0. The van der Waals surface area contributed by atoms with Crippen molar-refractivity contribution in [2.24, 2.45) is 0 Å². The van der Waals surface area contributed by atoms with E-state index < -0.39 is 29.1 Å². The van der Waals surface area contributed by atoms with Crippen molar-refractivity contribution in [3.63, 3.8) is 0 Å². The first-order valence-electron chi connectivity index (χ1n) is 5.43. The number of benzene rings is 1. The molecule has 0 fully saturated rings. The summed E-state index contributed by atoms with van der Waals surface area (Å²) in [5.74, 6) is 0. The summed E-state index contributed by atoms with van der Waals surface area (Å²) in [5, 5.41) is -0.150. The average Bonchev–Trinajstić information content (AvgIpc) is 2.34. The maximum Gasteiger partial charge on any atom is 0.435 e. The molecule has 0 aliphatic rings. The van der Waals surface area contributed by atoms with Gasteiger partial charge in [-0.2, -0.15) is 26.3 Å². The van der Waals surface area contributed by atoms with Gasteiger partial charge < -0.3 is 4.98 Å². The van der Waals surface area contributed by atoms with Crippen LogP contribution < -0.4 is 5.56 Å². The molecule has 1 aromatic heterocycles. The number of aromatic amines is 1. The zero-order valence-corrected chi connectivity index (χ0v) is 9.94. The van der Waals surface area contributed by atoms with Gasteiger partial charge in [0, 0.05) is 17.1 Å². The van der Waals surface area contributed by atoms with E-state index in [2.05, 4.69) is 4.98 Å². The van der Waals surface area contributed by atoms with Crippen molar-refractivity contribution in [2.75, 3.05) is 0 Å². The Balaban J connectivity index is 2.72. The highest BCUT2D eigenvalue weighted by molar-refractivity contribution is 5.79. The van der Waals surface area contributed by atoms with E-state index >= 15 is 0 Å². The molecule has 21 heavy (non-hydrogen) atoms. The third-order valence-corrected chi connectivity index (χ3v) is 2.90. The van der Waals surface area contributed by atoms with E-state index in [0.29, 0.717) is 12.1 Å². The van der Waals surface area contributed by atoms with Crippen molar-refractivity contribution in [1.82, 2.24) is 4.98 Å². The quantitative estimate of drug-likeness (QED) is 0.798. The topological polar surface area (TPSA) is 32.9 Å². The van der Waals surface area contributed by atoms with Gasteiger partial charge >= 0.3 is 18.0 Å². The molecular weight excluding hydrogens is 307 g/mol. The van der Waals surface area contributed by atoms with Gasteiger partial charge in [-0.3, -0.25) is 4.79 Å². The van der Waals surface area contributed by atoms with Crippen LogP contribution in [0.4, 0.5) is 30.7 Å². The number of hydrogen-bond donors (Lipinski definition) is 1. The number of hydrogen-bond acceptors (Lipinski definition) is 1. The Hall–Kier alpha value is -2.06. The molecular formula is C12H6F7NO. The molecule has 0 radical (unpaired) electrons. The third kappa shape index (κ3) is 2.36. The van der Waals surface area contributed by atoms with Crippen LogP contribution in [0.1, 0.15) is 5.56 Å². The Morgan fingerprint density at radius 3 is 1.90 bits per heavy atom. The molecule has 114 valence electrons. The molecule has 9 heteroatoms. The van der Waals surface area contributed by atoms with Crippen molar-refractivity contribution in [2.45, 2.75) is 18.0 Å². The van der Waals surface area contributed by atoms with Gasteiger partial charge in [0.15, 0.2) is 0 Å². The summed E-state index contributed by atoms with van der Waals surface area (Å²) < 4.78 is 89.4. The molecule has 0 saturated heterocycles. The first-order chi connectivity index (χ1) is 9.47. The maximum absolute atomic E-state index is 13.8. The number of halogens is 7. The van der Waals surface area contributed by atoms with Gasteiger partial charge in [-0.1, -0.05) is 6.07 Å². The molecule has 0 aliphatic heterocycles. The maximum atomic E-state index is 13.8. The van der Waals surface area contributed by atoms with Gasteiger partial charge in [0.05, 0.1) is 0 Å². The normalized spacial score (nSPS) is 13.7. The van der Waals surface area contributed by atoms with E-state index in [-0.39, 0.29) is 10.9 Å². The smallest absolute Gasteiger partial charge is 0.322 e. The molecule has 0 aliphatic carbocycles. The fourth-order valence-corrected chi connectivity index (χ4v) is 1.86. The van der Waals surface area contributed by atoms with Crippen LogP contribution in [0.15, 0.2) is 35.1 Å². The van der Waals surface area contributed by atoms with Crippen molar-refractivity contribution in [3.8, 4) is 0 Å². The molecule has 0 amide bonds. The molecule has 2 rings (SSSR count). The second kappa shape index (κ2) is 4.47. The molecule has 0 saturated carbocycles. The lowest BCUT2D eigenvalue weighted by molar-refractivity contribution is -0.348. The number of nitrogens with one attached hydrogen (secondary N) is 1. The van der Waals surface area contributed by atoms with Crippen molar-refractivity contribution < 1.29 is 30.7 Å². The third-order valence-electron chi connectivity index (χ3n) is 2.90. The summed E-state index contributed by atoms with van der Waals surface area (Å²) in [6.45, 7) is 0. The fourth-order valence-electron chi connectivity index (χ4n) is 1.86. The zero-order valence-electron chi connectivity index (χ0n) is 9.94. The predicted molar refractivity (Wildman–Crippen MR) is 59.5 cm³/mol. The highest BCUT2D eigenvalue weighted by Crippen LogP contribution is 2.53. The van der Waals surface area contributed by atoms with Gasteiger partial charge in [-0.25, -0.2) is 4.39 Å². The van der Waals surface area contributed by atoms with Crippen molar-refractivity contribution in [1.29, 1.82) is 0 Å². The lowest BCUT2D eigenvalue weighted by atomic mass is 9.93. The van der Waals surface area contributed by atoms with Gasteiger partial charge in [0.2, 0.25) is 5.56 Å². The van der Waals surface area contributed by atoms with E-state index in [4.69, 9.17) is 0 Å². The van der Waals surface area contributed by atoms with Crippen LogP contribution in [0.3, 0.4) is 0 Å². The minimum absolute atomic E-state index is 0.00190. The SMILES string of the molecule is O=c1ccc2cc(C(F)(C(F)(F)F)C(F)(F)F)ccc2[nH]1. The molecule has 0 unspecified atom stereocenters. The summed E-state index contributed by atoms with van der Waals surface area (Å²) in [4.78, 5) is 13.2. The van der Waals surface area contributed by atoms with E-state index in [1.54, 1.807) is 0 Å². The Morgan fingerprint density at radius 1 is 0.810 bits per heavy atom. The van der Waals surface area contributed by atoms with E-state index in [1.165, 1.54) is 0 Å². The molecule has 2 aromatic rings.